The second-order valence-electron chi connectivity index (χ2n) is 6.29. The molecule has 1 amide bonds. The van der Waals surface area contributed by atoms with Crippen molar-refractivity contribution in [3.63, 3.8) is 0 Å². The van der Waals surface area contributed by atoms with Gasteiger partial charge in [0.15, 0.2) is 21.3 Å². The Morgan fingerprint density at radius 2 is 1.90 bits per heavy atom. The Balaban J connectivity index is 1.73. The van der Waals surface area contributed by atoms with Gasteiger partial charge in [0, 0.05) is 18.0 Å². The van der Waals surface area contributed by atoms with Gasteiger partial charge in [-0.05, 0) is 24.3 Å². The number of methoxy groups -OCH3 is 1. The lowest BCUT2D eigenvalue weighted by Gasteiger charge is -2.08. The molecule has 0 saturated heterocycles. The molecule has 2 aromatic carbocycles. The van der Waals surface area contributed by atoms with E-state index in [9.17, 15) is 13.2 Å². The zero-order valence-corrected chi connectivity index (χ0v) is 16.8. The number of sulfone groups is 1. The van der Waals surface area contributed by atoms with Crippen LogP contribution in [0.3, 0.4) is 0 Å². The van der Waals surface area contributed by atoms with Crippen molar-refractivity contribution in [3.8, 4) is 17.2 Å². The number of nitrogens with one attached hydrogen (secondary N) is 1. The maximum absolute atomic E-state index is 12.7. The Bertz CT molecular complexity index is 1090. The molecule has 0 unspecified atom stereocenters. The van der Waals surface area contributed by atoms with E-state index in [1.54, 1.807) is 35.1 Å². The minimum absolute atomic E-state index is 0.0333. The number of carbonyl (C=O) groups is 1. The molecule has 1 N–H and O–H groups in total. The van der Waals surface area contributed by atoms with Crippen LogP contribution in [-0.4, -0.2) is 49.8 Å². The number of hydrogen-bond donors (Lipinski definition) is 1. The molecule has 29 heavy (non-hydrogen) atoms. The molecular weight excluding hydrogens is 394 g/mol. The SMILES string of the molecule is COc1cn(-c2ccccc2)nc1C(=O)Nc1cccc(OCCS(C)(=O)=O)c1. The third kappa shape index (κ3) is 5.58. The third-order valence-electron chi connectivity index (χ3n) is 3.95. The number of carbonyl (C=O) groups excluding carboxylic acids is 1. The summed E-state index contributed by atoms with van der Waals surface area (Å²) in [5.41, 5.74) is 1.43. The van der Waals surface area contributed by atoms with Gasteiger partial charge in [0.25, 0.3) is 5.91 Å². The van der Waals surface area contributed by atoms with Gasteiger partial charge < -0.3 is 14.8 Å². The van der Waals surface area contributed by atoms with E-state index in [2.05, 4.69) is 10.4 Å². The van der Waals surface area contributed by atoms with Crippen LogP contribution in [0.4, 0.5) is 5.69 Å². The van der Waals surface area contributed by atoms with Crippen LogP contribution < -0.4 is 14.8 Å². The Hall–Kier alpha value is -3.33. The van der Waals surface area contributed by atoms with Gasteiger partial charge in [0.2, 0.25) is 0 Å². The molecule has 152 valence electrons. The van der Waals surface area contributed by atoms with E-state index in [0.29, 0.717) is 17.2 Å². The summed E-state index contributed by atoms with van der Waals surface area (Å²) in [4.78, 5) is 12.7. The Morgan fingerprint density at radius 3 is 2.59 bits per heavy atom. The van der Waals surface area contributed by atoms with Gasteiger partial charge in [-0.15, -0.1) is 0 Å². The first-order valence-corrected chi connectivity index (χ1v) is 10.8. The van der Waals surface area contributed by atoms with E-state index in [1.165, 1.54) is 7.11 Å². The fraction of sp³-hybridized carbons (Fsp3) is 0.200. The normalized spacial score (nSPS) is 11.1. The molecule has 0 fully saturated rings. The molecule has 3 rings (SSSR count). The first kappa shape index (κ1) is 20.4. The van der Waals surface area contributed by atoms with Crippen molar-refractivity contribution >= 4 is 21.4 Å². The summed E-state index contributed by atoms with van der Waals surface area (Å²) in [6, 6.07) is 16.1. The number of hydrogen-bond acceptors (Lipinski definition) is 6. The number of ether oxygens (including phenoxy) is 2. The molecule has 3 aromatic rings. The molecule has 0 atom stereocenters. The molecule has 0 bridgehead atoms. The number of aromatic nitrogens is 2. The zero-order valence-electron chi connectivity index (χ0n) is 16.0. The number of anilines is 1. The predicted molar refractivity (Wildman–Crippen MR) is 110 cm³/mol. The lowest BCUT2D eigenvalue weighted by atomic mass is 10.3. The molecule has 0 saturated carbocycles. The van der Waals surface area contributed by atoms with Crippen LogP contribution in [0.25, 0.3) is 5.69 Å². The summed E-state index contributed by atoms with van der Waals surface area (Å²) in [5, 5.41) is 7.08. The number of amides is 1. The van der Waals surface area contributed by atoms with Gasteiger partial charge in [-0.2, -0.15) is 5.10 Å². The smallest absolute Gasteiger partial charge is 0.280 e. The fourth-order valence-electron chi connectivity index (χ4n) is 2.54. The Labute approximate surface area is 169 Å². The summed E-state index contributed by atoms with van der Waals surface area (Å²) in [7, 11) is -1.64. The number of rotatable bonds is 8. The first-order chi connectivity index (χ1) is 13.9. The van der Waals surface area contributed by atoms with Gasteiger partial charge in [-0.3, -0.25) is 4.79 Å². The first-order valence-electron chi connectivity index (χ1n) is 8.77. The highest BCUT2D eigenvalue weighted by molar-refractivity contribution is 7.90. The van der Waals surface area contributed by atoms with Crippen molar-refractivity contribution < 1.29 is 22.7 Å². The van der Waals surface area contributed by atoms with Gasteiger partial charge in [-0.25, -0.2) is 13.1 Å². The molecular formula is C20H21N3O5S. The van der Waals surface area contributed by atoms with E-state index < -0.39 is 15.7 Å². The maximum Gasteiger partial charge on any atom is 0.280 e. The highest BCUT2D eigenvalue weighted by atomic mass is 32.2. The quantitative estimate of drug-likeness (QED) is 0.607. The van der Waals surface area contributed by atoms with Crippen LogP contribution in [0, 0.1) is 0 Å². The molecule has 1 aromatic heterocycles. The summed E-state index contributed by atoms with van der Waals surface area (Å²) in [5.74, 6) is 0.266. The van der Waals surface area contributed by atoms with Crippen molar-refractivity contribution in [1.82, 2.24) is 9.78 Å². The maximum atomic E-state index is 12.7. The molecule has 0 spiro atoms. The Kier molecular flexibility index (Phi) is 6.18. The molecule has 0 aliphatic carbocycles. The highest BCUT2D eigenvalue weighted by Gasteiger charge is 2.18. The molecule has 0 radical (unpaired) electrons. The second kappa shape index (κ2) is 8.78. The fourth-order valence-corrected chi connectivity index (χ4v) is 2.93. The molecule has 9 heteroatoms. The largest absolute Gasteiger partial charge is 0.493 e. The van der Waals surface area contributed by atoms with Crippen molar-refractivity contribution in [2.75, 3.05) is 31.0 Å². The van der Waals surface area contributed by atoms with Gasteiger partial charge in [-0.1, -0.05) is 24.3 Å². The average molecular weight is 415 g/mol. The van der Waals surface area contributed by atoms with Crippen molar-refractivity contribution in [2.24, 2.45) is 0 Å². The Morgan fingerprint density at radius 1 is 1.14 bits per heavy atom. The summed E-state index contributed by atoms with van der Waals surface area (Å²) >= 11 is 0. The number of para-hydroxylation sites is 1. The standard InChI is InChI=1S/C20H21N3O5S/c1-27-18-14-23(16-8-4-3-5-9-16)22-19(18)20(24)21-15-7-6-10-17(13-15)28-11-12-29(2,25)26/h3-10,13-14H,11-12H2,1-2H3,(H,21,24). The summed E-state index contributed by atoms with van der Waals surface area (Å²) < 4.78 is 34.7. The third-order valence-corrected chi connectivity index (χ3v) is 4.86. The minimum atomic E-state index is -3.11. The van der Waals surface area contributed by atoms with Crippen molar-refractivity contribution in [2.45, 2.75) is 0 Å². The lowest BCUT2D eigenvalue weighted by Crippen LogP contribution is -2.15. The van der Waals surface area contributed by atoms with E-state index >= 15 is 0 Å². The highest BCUT2D eigenvalue weighted by Crippen LogP contribution is 2.22. The molecule has 0 aliphatic rings. The van der Waals surface area contributed by atoms with Crippen LogP contribution in [0.15, 0.2) is 60.8 Å². The summed E-state index contributed by atoms with van der Waals surface area (Å²) in [6.07, 6.45) is 2.78. The van der Waals surface area contributed by atoms with Crippen LogP contribution in [0.1, 0.15) is 10.5 Å². The molecule has 1 heterocycles. The van der Waals surface area contributed by atoms with Gasteiger partial charge in [0.05, 0.1) is 24.7 Å². The van der Waals surface area contributed by atoms with Gasteiger partial charge in [0.1, 0.15) is 12.4 Å². The van der Waals surface area contributed by atoms with E-state index in [4.69, 9.17) is 9.47 Å². The van der Waals surface area contributed by atoms with Crippen molar-refractivity contribution in [1.29, 1.82) is 0 Å². The monoisotopic (exact) mass is 415 g/mol. The minimum Gasteiger partial charge on any atom is -0.493 e. The van der Waals surface area contributed by atoms with E-state index in [0.717, 1.165) is 11.9 Å². The predicted octanol–water partition coefficient (Wildman–Crippen LogP) is 2.56. The molecule has 0 aliphatic heterocycles. The topological polar surface area (TPSA) is 99.5 Å². The second-order valence-corrected chi connectivity index (χ2v) is 8.55. The number of nitrogens with zero attached hydrogens (tertiary/aromatic N) is 2. The number of benzene rings is 2. The van der Waals surface area contributed by atoms with Crippen LogP contribution in [0.2, 0.25) is 0 Å². The van der Waals surface area contributed by atoms with Crippen molar-refractivity contribution in [3.05, 3.63) is 66.5 Å². The van der Waals surface area contributed by atoms with Crippen LogP contribution in [0.5, 0.6) is 11.5 Å². The van der Waals surface area contributed by atoms with E-state index in [-0.39, 0.29) is 18.1 Å². The van der Waals surface area contributed by atoms with E-state index in [1.807, 2.05) is 30.3 Å². The summed E-state index contributed by atoms with van der Waals surface area (Å²) in [6.45, 7) is 0.0333. The zero-order chi connectivity index (χ0) is 20.9. The average Bonchev–Trinajstić information content (AvgIpc) is 3.13. The lowest BCUT2D eigenvalue weighted by molar-refractivity contribution is 0.101. The van der Waals surface area contributed by atoms with Gasteiger partial charge >= 0.3 is 0 Å². The van der Waals surface area contributed by atoms with Crippen LogP contribution >= 0.6 is 0 Å². The van der Waals surface area contributed by atoms with Crippen LogP contribution in [-0.2, 0) is 9.84 Å². The molecule has 8 nitrogen and oxygen atoms in total.